The van der Waals surface area contributed by atoms with Crippen LogP contribution in [0.4, 0.5) is 0 Å². The summed E-state index contributed by atoms with van der Waals surface area (Å²) in [6.07, 6.45) is 52.0. The van der Waals surface area contributed by atoms with Gasteiger partial charge < -0.3 is 24.8 Å². The first-order valence-electron chi connectivity index (χ1n) is 21.8. The fourth-order valence-electron chi connectivity index (χ4n) is 5.47. The van der Waals surface area contributed by atoms with Crippen molar-refractivity contribution in [3.8, 4) is 0 Å². The molecule has 0 amide bonds. The van der Waals surface area contributed by atoms with Gasteiger partial charge in [0.05, 0.1) is 25.4 Å². The normalized spacial score (nSPS) is 17.7. The lowest BCUT2D eigenvalue weighted by Gasteiger charge is -2.19. The van der Waals surface area contributed by atoms with Gasteiger partial charge in [0.2, 0.25) is 0 Å². The molecule has 0 aromatic heterocycles. The van der Waals surface area contributed by atoms with Gasteiger partial charge in [-0.1, -0.05) is 137 Å². The highest BCUT2D eigenvalue weighted by Crippen LogP contribution is 2.43. The van der Waals surface area contributed by atoms with Crippen molar-refractivity contribution in [3.05, 3.63) is 97.2 Å². The highest BCUT2D eigenvalue weighted by molar-refractivity contribution is 7.47. The number of unbranched alkanes of at least 4 members (excludes halogenated alkanes) is 7. The molecule has 1 saturated heterocycles. The van der Waals surface area contributed by atoms with Crippen molar-refractivity contribution in [1.29, 1.82) is 0 Å². The van der Waals surface area contributed by atoms with Gasteiger partial charge in [-0.05, 0) is 89.9 Å². The summed E-state index contributed by atoms with van der Waals surface area (Å²) in [4.78, 5) is 34.9. The first kappa shape index (κ1) is 52.9. The van der Waals surface area contributed by atoms with Crippen LogP contribution in [0.5, 0.6) is 0 Å². The Hall–Kier alpha value is -3.11. The highest BCUT2D eigenvalue weighted by Gasteiger charge is 2.36. The first-order valence-corrected chi connectivity index (χ1v) is 23.3. The van der Waals surface area contributed by atoms with E-state index in [1.807, 2.05) is 18.2 Å². The molecule has 0 bridgehead atoms. The molecule has 11 heteroatoms. The maximum Gasteiger partial charge on any atom is 0.472 e. The Morgan fingerprint density at radius 2 is 1.07 bits per heavy atom. The topological polar surface area (TPSA) is 147 Å². The van der Waals surface area contributed by atoms with E-state index < -0.39 is 32.5 Å². The quantitative estimate of drug-likeness (QED) is 0.0203. The van der Waals surface area contributed by atoms with Crippen LogP contribution in [0.15, 0.2) is 97.2 Å². The second-order valence-electron chi connectivity index (χ2n) is 14.2. The third-order valence-corrected chi connectivity index (χ3v) is 9.84. The lowest BCUT2D eigenvalue weighted by Crippen LogP contribution is -2.29. The maximum atomic E-state index is 12.6. The molecule has 58 heavy (non-hydrogen) atoms. The third-order valence-electron chi connectivity index (χ3n) is 8.86. The minimum atomic E-state index is -4.42. The minimum absolute atomic E-state index is 0.0269. The van der Waals surface area contributed by atoms with Crippen LogP contribution in [-0.2, 0) is 37.4 Å². The molecule has 0 radical (unpaired) electrons. The standard InChI is InChI=1S/C47H76NO9P/c1-3-5-7-9-11-13-14-15-16-17-18-19-20-21-22-24-26-28-34-38-47(50)56-43(42-55-58(51,52)54-40-39-48)41-53-46(49)37-33-30-29-32-36-45-44(57-45)35-31-27-25-23-12-10-8-6-4-2/h11-13,15-16,18-19,21-23,26-29,31-32,43-45H,3-10,14,17,20,24-25,30,33-42,48H2,1-2H3,(H,51,52)/b13-11-,16-15-,19-18-,22-21-,23-12-,28-26-,31-27-,32-29-/t43-,44?,45?/m1/s1. The Bertz CT molecular complexity index is 1330. The van der Waals surface area contributed by atoms with E-state index in [1.54, 1.807) is 0 Å². The fourth-order valence-corrected chi connectivity index (χ4v) is 6.24. The molecule has 1 fully saturated rings. The zero-order valence-electron chi connectivity index (χ0n) is 35.7. The second-order valence-corrected chi connectivity index (χ2v) is 15.7. The summed E-state index contributed by atoms with van der Waals surface area (Å²) in [7, 11) is -4.42. The van der Waals surface area contributed by atoms with Gasteiger partial charge in [0, 0.05) is 19.4 Å². The zero-order valence-corrected chi connectivity index (χ0v) is 36.6. The smallest absolute Gasteiger partial charge is 0.462 e. The second kappa shape index (κ2) is 38.1. The van der Waals surface area contributed by atoms with Crippen molar-refractivity contribution in [3.63, 3.8) is 0 Å². The predicted octanol–water partition coefficient (Wildman–Crippen LogP) is 11.6. The van der Waals surface area contributed by atoms with Crippen LogP contribution in [-0.4, -0.2) is 61.5 Å². The third kappa shape index (κ3) is 34.9. The maximum absolute atomic E-state index is 12.6. The molecule has 3 unspecified atom stereocenters. The van der Waals surface area contributed by atoms with Crippen LogP contribution in [0, 0.1) is 0 Å². The van der Waals surface area contributed by atoms with Crippen LogP contribution in [0.25, 0.3) is 0 Å². The van der Waals surface area contributed by atoms with Crippen LogP contribution >= 0.6 is 7.82 Å². The largest absolute Gasteiger partial charge is 0.472 e. The molecule has 1 aliphatic heterocycles. The number of ether oxygens (including phenoxy) is 3. The number of nitrogens with two attached hydrogens (primary N) is 1. The van der Waals surface area contributed by atoms with E-state index in [9.17, 15) is 19.0 Å². The average molecular weight is 830 g/mol. The summed E-state index contributed by atoms with van der Waals surface area (Å²) in [6.45, 7) is 3.48. The van der Waals surface area contributed by atoms with Gasteiger partial charge in [-0.3, -0.25) is 18.6 Å². The van der Waals surface area contributed by atoms with E-state index in [0.29, 0.717) is 19.3 Å². The van der Waals surface area contributed by atoms with Crippen molar-refractivity contribution < 1.29 is 42.3 Å². The van der Waals surface area contributed by atoms with Crippen molar-refractivity contribution in [2.45, 2.75) is 161 Å². The zero-order chi connectivity index (χ0) is 42.2. The molecule has 1 aliphatic rings. The van der Waals surface area contributed by atoms with Gasteiger partial charge in [-0.2, -0.15) is 0 Å². The van der Waals surface area contributed by atoms with Crippen LogP contribution in [0.3, 0.4) is 0 Å². The molecule has 3 N–H and O–H groups in total. The van der Waals surface area contributed by atoms with Crippen LogP contribution in [0.1, 0.15) is 142 Å². The van der Waals surface area contributed by atoms with E-state index in [1.165, 1.54) is 44.9 Å². The van der Waals surface area contributed by atoms with E-state index >= 15 is 0 Å². The molecule has 0 saturated carbocycles. The number of carbonyl (C=O) groups excluding carboxylic acids is 2. The van der Waals surface area contributed by atoms with E-state index in [0.717, 1.165) is 51.4 Å². The molecular formula is C47H76NO9P. The Labute approximate surface area is 351 Å². The molecule has 328 valence electrons. The van der Waals surface area contributed by atoms with Crippen molar-refractivity contribution in [2.24, 2.45) is 5.73 Å². The van der Waals surface area contributed by atoms with Crippen molar-refractivity contribution in [1.82, 2.24) is 0 Å². The summed E-state index contributed by atoms with van der Waals surface area (Å²) >= 11 is 0. The summed E-state index contributed by atoms with van der Waals surface area (Å²) in [6, 6.07) is 0. The van der Waals surface area contributed by atoms with Crippen LogP contribution in [0.2, 0.25) is 0 Å². The summed E-state index contributed by atoms with van der Waals surface area (Å²) in [5.41, 5.74) is 5.34. The number of hydrogen-bond donors (Lipinski definition) is 2. The SMILES string of the molecule is CCCCC/C=C\C/C=C\C/C=C\C/C=C\C/C=C\CCC(=O)O[C@H](COC(=O)CCC/C=C\CC1OC1C/C=C\C/C=C\CCCCC)COP(=O)(O)OCCN. The molecule has 1 rings (SSSR count). The number of epoxide rings is 1. The molecule has 10 nitrogen and oxygen atoms in total. The minimum Gasteiger partial charge on any atom is -0.462 e. The van der Waals surface area contributed by atoms with E-state index in [4.69, 9.17) is 29.0 Å². The summed E-state index contributed by atoms with van der Waals surface area (Å²) in [5, 5.41) is 0. The predicted molar refractivity (Wildman–Crippen MR) is 237 cm³/mol. The van der Waals surface area contributed by atoms with Gasteiger partial charge in [0.15, 0.2) is 6.10 Å². The van der Waals surface area contributed by atoms with Gasteiger partial charge in [0.25, 0.3) is 0 Å². The summed E-state index contributed by atoms with van der Waals surface area (Å²) < 4.78 is 38.4. The number of allylic oxidation sites excluding steroid dienone is 14. The van der Waals surface area contributed by atoms with Gasteiger partial charge >= 0.3 is 19.8 Å². The lowest BCUT2D eigenvalue weighted by atomic mass is 10.1. The van der Waals surface area contributed by atoms with Crippen LogP contribution < -0.4 is 5.73 Å². The number of rotatable bonds is 38. The van der Waals surface area contributed by atoms with Gasteiger partial charge in [0.1, 0.15) is 6.61 Å². The Balaban J connectivity index is 2.30. The molecular weight excluding hydrogens is 753 g/mol. The fraction of sp³-hybridized carbons (Fsp3) is 0.617. The highest BCUT2D eigenvalue weighted by atomic mass is 31.2. The number of esters is 2. The Morgan fingerprint density at radius 3 is 1.60 bits per heavy atom. The van der Waals surface area contributed by atoms with E-state index in [-0.39, 0.29) is 44.8 Å². The molecule has 0 spiro atoms. The molecule has 0 aromatic carbocycles. The molecule has 4 atom stereocenters. The number of phosphoric acid groups is 1. The van der Waals surface area contributed by atoms with Crippen molar-refractivity contribution >= 4 is 19.8 Å². The number of carbonyl (C=O) groups is 2. The van der Waals surface area contributed by atoms with Crippen molar-refractivity contribution in [2.75, 3.05) is 26.4 Å². The van der Waals surface area contributed by atoms with E-state index in [2.05, 4.69) is 92.8 Å². The number of hydrogen-bond acceptors (Lipinski definition) is 9. The average Bonchev–Trinajstić information content (AvgIpc) is 3.97. The first-order chi connectivity index (χ1) is 28.3. The Kier molecular flexibility index (Phi) is 34.8. The number of phosphoric ester groups is 1. The van der Waals surface area contributed by atoms with Gasteiger partial charge in [-0.15, -0.1) is 0 Å². The molecule has 0 aliphatic carbocycles. The Morgan fingerprint density at radius 1 is 0.603 bits per heavy atom. The van der Waals surface area contributed by atoms with Gasteiger partial charge in [-0.25, -0.2) is 4.57 Å². The monoisotopic (exact) mass is 830 g/mol. The lowest BCUT2D eigenvalue weighted by molar-refractivity contribution is -0.161. The molecule has 1 heterocycles. The molecule has 0 aromatic rings. The summed E-state index contributed by atoms with van der Waals surface area (Å²) in [5.74, 6) is -1.01.